The van der Waals surface area contributed by atoms with Crippen molar-refractivity contribution in [3.05, 3.63) is 48.6 Å². The molecule has 0 aliphatic carbocycles. The molecule has 0 aromatic heterocycles. The molecule has 0 amide bonds. The van der Waals surface area contributed by atoms with Crippen molar-refractivity contribution in [1.29, 1.82) is 0 Å². The fraction of sp³-hybridized carbons (Fsp3) is 0.787. The van der Waals surface area contributed by atoms with Gasteiger partial charge in [0.1, 0.15) is 6.61 Å². The zero-order chi connectivity index (χ0) is 37.8. The normalized spacial score (nSPS) is 12.6. The van der Waals surface area contributed by atoms with E-state index in [1.165, 1.54) is 135 Å². The number of esters is 2. The average molecular weight is 729 g/mol. The lowest BCUT2D eigenvalue weighted by Crippen LogP contribution is -2.28. The predicted molar refractivity (Wildman–Crippen MR) is 224 cm³/mol. The molecule has 0 aliphatic rings. The van der Waals surface area contributed by atoms with Crippen LogP contribution in [0.2, 0.25) is 0 Å². The first-order valence-electron chi connectivity index (χ1n) is 22.2. The molecule has 1 N–H and O–H groups in total. The molecule has 0 fully saturated rings. The number of hydrogen-bond acceptors (Lipinski definition) is 5. The van der Waals surface area contributed by atoms with Crippen molar-refractivity contribution < 1.29 is 24.2 Å². The van der Waals surface area contributed by atoms with Gasteiger partial charge in [-0.05, 0) is 77.0 Å². The molecule has 1 atom stereocenters. The Bertz CT molecular complexity index is 873. The minimum atomic E-state index is -0.778. The van der Waals surface area contributed by atoms with Gasteiger partial charge in [-0.3, -0.25) is 9.59 Å². The molecule has 0 bridgehead atoms. The molecule has 5 nitrogen and oxygen atoms in total. The Morgan fingerprint density at radius 1 is 0.442 bits per heavy atom. The van der Waals surface area contributed by atoms with Crippen molar-refractivity contribution >= 4 is 11.9 Å². The third kappa shape index (κ3) is 40.6. The number of hydrogen-bond donors (Lipinski definition) is 1. The summed E-state index contributed by atoms with van der Waals surface area (Å²) in [6, 6.07) is 0. The Labute approximate surface area is 322 Å². The minimum absolute atomic E-state index is 0.0738. The molecule has 0 aromatic carbocycles. The lowest BCUT2D eigenvalue weighted by Gasteiger charge is -2.15. The summed E-state index contributed by atoms with van der Waals surface area (Å²) in [7, 11) is 0. The Balaban J connectivity index is 3.54. The molecule has 0 aliphatic heterocycles. The highest BCUT2D eigenvalue weighted by Gasteiger charge is 2.16. The van der Waals surface area contributed by atoms with E-state index in [-0.39, 0.29) is 25.2 Å². The van der Waals surface area contributed by atoms with E-state index in [1.54, 1.807) is 0 Å². The Kier molecular flexibility index (Phi) is 41.5. The van der Waals surface area contributed by atoms with E-state index in [2.05, 4.69) is 62.5 Å². The van der Waals surface area contributed by atoms with Crippen molar-refractivity contribution in [3.63, 3.8) is 0 Å². The van der Waals surface area contributed by atoms with Crippen molar-refractivity contribution in [2.75, 3.05) is 13.2 Å². The van der Waals surface area contributed by atoms with Crippen LogP contribution in [0.15, 0.2) is 48.6 Å². The summed E-state index contributed by atoms with van der Waals surface area (Å²) in [5, 5.41) is 9.58. The molecule has 0 aromatic rings. The van der Waals surface area contributed by atoms with Gasteiger partial charge >= 0.3 is 11.9 Å². The lowest BCUT2D eigenvalue weighted by atomic mass is 10.0. The number of ether oxygens (including phenoxy) is 2. The van der Waals surface area contributed by atoms with E-state index < -0.39 is 6.10 Å². The van der Waals surface area contributed by atoms with Crippen molar-refractivity contribution in [1.82, 2.24) is 0 Å². The number of aliphatic hydroxyl groups is 1. The molecule has 0 radical (unpaired) electrons. The summed E-state index contributed by atoms with van der Waals surface area (Å²) >= 11 is 0. The average Bonchev–Trinajstić information content (AvgIpc) is 3.15. The van der Waals surface area contributed by atoms with Crippen LogP contribution in [-0.2, 0) is 19.1 Å². The van der Waals surface area contributed by atoms with Crippen LogP contribution in [0.25, 0.3) is 0 Å². The maximum atomic E-state index is 12.2. The number of allylic oxidation sites excluding steroid dienone is 8. The molecule has 0 rings (SSSR count). The number of carbonyl (C=O) groups excluding carboxylic acids is 2. The van der Waals surface area contributed by atoms with E-state index in [4.69, 9.17) is 9.47 Å². The second kappa shape index (κ2) is 43.3. The zero-order valence-electron chi connectivity index (χ0n) is 34.3. The summed E-state index contributed by atoms with van der Waals surface area (Å²) in [6.07, 6.45) is 54.7. The van der Waals surface area contributed by atoms with Crippen LogP contribution >= 0.6 is 0 Å². The highest BCUT2D eigenvalue weighted by molar-refractivity contribution is 5.70. The molecular weight excluding hydrogens is 645 g/mol. The summed E-state index contributed by atoms with van der Waals surface area (Å²) in [5.74, 6) is -0.606. The number of aliphatic hydroxyl groups excluding tert-OH is 1. The third-order valence-corrected chi connectivity index (χ3v) is 9.60. The van der Waals surface area contributed by atoms with Gasteiger partial charge < -0.3 is 14.6 Å². The Morgan fingerprint density at radius 2 is 0.769 bits per heavy atom. The van der Waals surface area contributed by atoms with E-state index >= 15 is 0 Å². The smallest absolute Gasteiger partial charge is 0.306 e. The summed E-state index contributed by atoms with van der Waals surface area (Å²) in [6.45, 7) is 4.09. The Hall–Kier alpha value is -2.14. The highest BCUT2D eigenvalue weighted by atomic mass is 16.6. The molecule has 302 valence electrons. The first-order valence-corrected chi connectivity index (χ1v) is 22.2. The largest absolute Gasteiger partial charge is 0.462 e. The van der Waals surface area contributed by atoms with Crippen LogP contribution in [0.4, 0.5) is 0 Å². The topological polar surface area (TPSA) is 72.8 Å². The first-order chi connectivity index (χ1) is 25.6. The van der Waals surface area contributed by atoms with Gasteiger partial charge in [0, 0.05) is 12.8 Å². The molecule has 0 saturated heterocycles. The Morgan fingerprint density at radius 3 is 1.17 bits per heavy atom. The monoisotopic (exact) mass is 729 g/mol. The lowest BCUT2D eigenvalue weighted by molar-refractivity contribution is -0.161. The van der Waals surface area contributed by atoms with E-state index in [0.717, 1.165) is 57.8 Å². The number of carbonyl (C=O) groups is 2. The quantitative estimate of drug-likeness (QED) is 0.0386. The van der Waals surface area contributed by atoms with Crippen LogP contribution in [0.1, 0.15) is 219 Å². The third-order valence-electron chi connectivity index (χ3n) is 9.60. The van der Waals surface area contributed by atoms with Crippen LogP contribution in [0, 0.1) is 0 Å². The molecular formula is C47H84O5. The van der Waals surface area contributed by atoms with Crippen molar-refractivity contribution in [2.24, 2.45) is 0 Å². The standard InChI is InChI=1S/C47H84O5/c1-3-5-7-9-11-13-15-17-19-20-21-22-23-24-25-26-28-30-32-34-36-38-40-42-47(50)52-45(43-48)44-51-46(49)41-39-37-35-33-31-29-27-18-16-14-12-10-8-6-4-2/h12,14-15,17-18,20-21,27,45,48H,3-11,13,16,19,22-26,28-44H2,1-2H3/b14-12-,17-15-,21-20-,27-18-. The van der Waals surface area contributed by atoms with Gasteiger partial charge in [0.25, 0.3) is 0 Å². The maximum absolute atomic E-state index is 12.2. The van der Waals surface area contributed by atoms with Gasteiger partial charge in [0.15, 0.2) is 6.10 Å². The van der Waals surface area contributed by atoms with Gasteiger partial charge in [-0.1, -0.05) is 178 Å². The molecule has 0 spiro atoms. The highest BCUT2D eigenvalue weighted by Crippen LogP contribution is 2.14. The SMILES string of the molecule is CCCCC/C=C\C/C=C\CCCCCCCC(=O)OCC(CO)OC(=O)CCCCCCCCCCCCC/C=C\C/C=C\CCCCCCC. The first kappa shape index (κ1) is 49.9. The molecule has 5 heteroatoms. The minimum Gasteiger partial charge on any atom is -0.462 e. The van der Waals surface area contributed by atoms with Gasteiger partial charge in [-0.15, -0.1) is 0 Å². The second-order valence-corrected chi connectivity index (χ2v) is 14.8. The predicted octanol–water partition coefficient (Wildman–Crippen LogP) is 14.2. The van der Waals surface area contributed by atoms with Gasteiger partial charge in [0.2, 0.25) is 0 Å². The van der Waals surface area contributed by atoms with E-state index in [0.29, 0.717) is 12.8 Å². The van der Waals surface area contributed by atoms with Crippen molar-refractivity contribution in [3.8, 4) is 0 Å². The van der Waals surface area contributed by atoms with E-state index in [9.17, 15) is 14.7 Å². The number of unbranched alkanes of at least 4 members (excludes halogenated alkanes) is 24. The van der Waals surface area contributed by atoms with Crippen LogP contribution in [-0.4, -0.2) is 36.4 Å². The zero-order valence-corrected chi connectivity index (χ0v) is 34.3. The van der Waals surface area contributed by atoms with Crippen LogP contribution in [0.3, 0.4) is 0 Å². The maximum Gasteiger partial charge on any atom is 0.306 e. The summed E-state index contributed by atoms with van der Waals surface area (Å²) < 4.78 is 10.6. The molecule has 0 heterocycles. The molecule has 52 heavy (non-hydrogen) atoms. The van der Waals surface area contributed by atoms with Gasteiger partial charge in [-0.2, -0.15) is 0 Å². The fourth-order valence-corrected chi connectivity index (χ4v) is 6.20. The summed E-state index contributed by atoms with van der Waals surface area (Å²) in [5.41, 5.74) is 0. The number of rotatable bonds is 40. The summed E-state index contributed by atoms with van der Waals surface area (Å²) in [4.78, 5) is 24.3. The van der Waals surface area contributed by atoms with Crippen molar-refractivity contribution in [2.45, 2.75) is 225 Å². The fourth-order valence-electron chi connectivity index (χ4n) is 6.20. The van der Waals surface area contributed by atoms with Crippen LogP contribution in [0.5, 0.6) is 0 Å². The van der Waals surface area contributed by atoms with E-state index in [1.807, 2.05) is 0 Å². The molecule has 1 unspecified atom stereocenters. The van der Waals surface area contributed by atoms with Gasteiger partial charge in [-0.25, -0.2) is 0 Å². The van der Waals surface area contributed by atoms with Crippen LogP contribution < -0.4 is 0 Å². The second-order valence-electron chi connectivity index (χ2n) is 14.8. The molecule has 0 saturated carbocycles. The van der Waals surface area contributed by atoms with Gasteiger partial charge in [0.05, 0.1) is 6.61 Å².